The van der Waals surface area contributed by atoms with Crippen LogP contribution in [0.4, 0.5) is 4.79 Å². The largest absolute Gasteiger partial charge is 0.444 e. The van der Waals surface area contributed by atoms with Crippen LogP contribution in [0.1, 0.15) is 40.5 Å². The van der Waals surface area contributed by atoms with Crippen molar-refractivity contribution in [3.05, 3.63) is 0 Å². The van der Waals surface area contributed by atoms with Crippen molar-refractivity contribution >= 4 is 6.09 Å². The maximum Gasteiger partial charge on any atom is 0.407 e. The van der Waals surface area contributed by atoms with Crippen molar-refractivity contribution in [3.8, 4) is 0 Å². The summed E-state index contributed by atoms with van der Waals surface area (Å²) in [4.78, 5) is 11.4. The van der Waals surface area contributed by atoms with E-state index in [0.29, 0.717) is 12.5 Å². The molecule has 1 rings (SSSR count). The number of ether oxygens (including phenoxy) is 1. The van der Waals surface area contributed by atoms with Gasteiger partial charge in [0, 0.05) is 6.54 Å². The molecule has 0 radical (unpaired) electrons. The fraction of sp³-hybridized carbons (Fsp3) is 0.917. The number of hydrogen-bond donors (Lipinski definition) is 2. The minimum Gasteiger partial charge on any atom is -0.444 e. The second kappa shape index (κ2) is 4.62. The Morgan fingerprint density at radius 1 is 1.50 bits per heavy atom. The van der Waals surface area contributed by atoms with Crippen molar-refractivity contribution in [1.82, 2.24) is 5.32 Å². The summed E-state index contributed by atoms with van der Waals surface area (Å²) in [5.74, 6) is 0.630. The second-order valence-electron chi connectivity index (χ2n) is 6.18. The third kappa shape index (κ3) is 4.00. The predicted molar refractivity (Wildman–Crippen MR) is 64.1 cm³/mol. The molecule has 0 aromatic heterocycles. The lowest BCUT2D eigenvalue weighted by Crippen LogP contribution is -2.47. The van der Waals surface area contributed by atoms with Crippen LogP contribution in [-0.2, 0) is 4.74 Å². The minimum absolute atomic E-state index is 0.209. The first-order valence-corrected chi connectivity index (χ1v) is 5.91. The summed E-state index contributed by atoms with van der Waals surface area (Å²) in [5.41, 5.74) is 5.37. The van der Waals surface area contributed by atoms with Gasteiger partial charge in [0.25, 0.3) is 0 Å². The van der Waals surface area contributed by atoms with E-state index in [1.54, 1.807) is 0 Å². The van der Waals surface area contributed by atoms with E-state index in [4.69, 9.17) is 10.5 Å². The molecule has 0 heterocycles. The zero-order chi connectivity index (χ0) is 12.4. The van der Waals surface area contributed by atoms with Crippen LogP contribution in [0.15, 0.2) is 0 Å². The average molecular weight is 228 g/mol. The van der Waals surface area contributed by atoms with Crippen LogP contribution in [0.2, 0.25) is 0 Å². The van der Waals surface area contributed by atoms with Gasteiger partial charge in [0.1, 0.15) is 5.60 Å². The van der Waals surface area contributed by atoms with Crippen molar-refractivity contribution in [3.63, 3.8) is 0 Å². The molecule has 1 fully saturated rings. The lowest BCUT2D eigenvalue weighted by Gasteiger charge is -2.45. The highest BCUT2D eigenvalue weighted by Crippen LogP contribution is 2.44. The van der Waals surface area contributed by atoms with Crippen molar-refractivity contribution < 1.29 is 9.53 Å². The van der Waals surface area contributed by atoms with Gasteiger partial charge < -0.3 is 15.8 Å². The van der Waals surface area contributed by atoms with E-state index in [1.807, 2.05) is 20.8 Å². The van der Waals surface area contributed by atoms with Gasteiger partial charge in [-0.15, -0.1) is 0 Å². The van der Waals surface area contributed by atoms with Gasteiger partial charge in [-0.05, 0) is 51.5 Å². The quantitative estimate of drug-likeness (QED) is 0.775. The molecule has 4 heteroatoms. The number of rotatable bonds is 3. The molecule has 0 atom stereocenters. The summed E-state index contributed by atoms with van der Waals surface area (Å²) in [6.45, 7) is 9.20. The number of nitrogens with two attached hydrogens (primary N) is 1. The topological polar surface area (TPSA) is 64.3 Å². The maximum atomic E-state index is 11.4. The molecule has 1 aliphatic rings. The van der Waals surface area contributed by atoms with Gasteiger partial charge in [0.2, 0.25) is 0 Å². The number of carbonyl (C=O) groups is 1. The van der Waals surface area contributed by atoms with Crippen molar-refractivity contribution in [2.24, 2.45) is 17.1 Å². The number of carbonyl (C=O) groups excluding carboxylic acids is 1. The van der Waals surface area contributed by atoms with E-state index in [2.05, 4.69) is 12.2 Å². The zero-order valence-electron chi connectivity index (χ0n) is 10.8. The first kappa shape index (κ1) is 13.3. The lowest BCUT2D eigenvalue weighted by molar-refractivity contribution is 0.0392. The molecule has 94 valence electrons. The molecule has 1 amide bonds. The van der Waals surface area contributed by atoms with E-state index < -0.39 is 5.60 Å². The van der Waals surface area contributed by atoms with Gasteiger partial charge in [-0.3, -0.25) is 0 Å². The van der Waals surface area contributed by atoms with E-state index in [9.17, 15) is 4.79 Å². The molecule has 16 heavy (non-hydrogen) atoms. The predicted octanol–water partition coefficient (Wildman–Crippen LogP) is 1.89. The van der Waals surface area contributed by atoms with E-state index >= 15 is 0 Å². The Bertz CT molecular complexity index is 252. The summed E-state index contributed by atoms with van der Waals surface area (Å²) in [5, 5.41) is 2.82. The fourth-order valence-corrected chi connectivity index (χ4v) is 2.24. The molecule has 0 aromatic rings. The van der Waals surface area contributed by atoms with Crippen LogP contribution in [0.3, 0.4) is 0 Å². The van der Waals surface area contributed by atoms with Gasteiger partial charge in [-0.2, -0.15) is 0 Å². The molecule has 1 saturated carbocycles. The molecule has 3 N–H and O–H groups in total. The average Bonchev–Trinajstić information content (AvgIpc) is 2.07. The highest BCUT2D eigenvalue weighted by atomic mass is 16.6. The number of hydrogen-bond acceptors (Lipinski definition) is 3. The first-order chi connectivity index (χ1) is 7.24. The molecule has 0 aliphatic heterocycles. The molecular weight excluding hydrogens is 204 g/mol. The first-order valence-electron chi connectivity index (χ1n) is 5.91. The highest BCUT2D eigenvalue weighted by Gasteiger charge is 2.39. The molecule has 0 bridgehead atoms. The summed E-state index contributed by atoms with van der Waals surface area (Å²) in [7, 11) is 0. The molecular formula is C12H24N2O2. The smallest absolute Gasteiger partial charge is 0.407 e. The van der Waals surface area contributed by atoms with E-state index in [-0.39, 0.29) is 11.5 Å². The SMILES string of the molecule is CC1(CNC(=O)OC(C)(C)C)CC(CN)C1. The Kier molecular flexibility index (Phi) is 3.84. The van der Waals surface area contributed by atoms with Gasteiger partial charge in [-0.1, -0.05) is 6.92 Å². The summed E-state index contributed by atoms with van der Waals surface area (Å²) >= 11 is 0. The Morgan fingerprint density at radius 2 is 2.06 bits per heavy atom. The lowest BCUT2D eigenvalue weighted by atomic mass is 9.63. The van der Waals surface area contributed by atoms with Crippen molar-refractivity contribution in [2.45, 2.75) is 46.1 Å². The summed E-state index contributed by atoms with van der Waals surface area (Å²) in [6, 6.07) is 0. The number of amides is 1. The second-order valence-corrected chi connectivity index (χ2v) is 6.18. The third-order valence-electron chi connectivity index (χ3n) is 2.95. The molecule has 0 saturated heterocycles. The molecule has 1 aliphatic carbocycles. The van der Waals surface area contributed by atoms with Crippen LogP contribution in [0, 0.1) is 11.3 Å². The van der Waals surface area contributed by atoms with Gasteiger partial charge in [-0.25, -0.2) is 4.79 Å². The standard InChI is InChI=1S/C12H24N2O2/c1-11(2,3)16-10(15)14-8-12(4)5-9(6-12)7-13/h9H,5-8,13H2,1-4H3,(H,14,15). The van der Waals surface area contributed by atoms with Crippen LogP contribution in [0.25, 0.3) is 0 Å². The van der Waals surface area contributed by atoms with Crippen LogP contribution in [-0.4, -0.2) is 24.8 Å². The Morgan fingerprint density at radius 3 is 2.50 bits per heavy atom. The monoisotopic (exact) mass is 228 g/mol. The van der Waals surface area contributed by atoms with Crippen LogP contribution < -0.4 is 11.1 Å². The van der Waals surface area contributed by atoms with E-state index in [0.717, 1.165) is 19.4 Å². The molecule has 0 spiro atoms. The molecule has 0 aromatic carbocycles. The van der Waals surface area contributed by atoms with Crippen LogP contribution >= 0.6 is 0 Å². The normalized spacial score (nSPS) is 29.4. The van der Waals surface area contributed by atoms with Gasteiger partial charge in [0.05, 0.1) is 0 Å². The van der Waals surface area contributed by atoms with Crippen LogP contribution in [0.5, 0.6) is 0 Å². The van der Waals surface area contributed by atoms with E-state index in [1.165, 1.54) is 0 Å². The molecule has 4 nitrogen and oxygen atoms in total. The summed E-state index contributed by atoms with van der Waals surface area (Å²) in [6.07, 6.45) is 1.86. The Hall–Kier alpha value is -0.770. The van der Waals surface area contributed by atoms with Crippen molar-refractivity contribution in [1.29, 1.82) is 0 Å². The Balaban J connectivity index is 2.23. The third-order valence-corrected chi connectivity index (χ3v) is 2.95. The summed E-state index contributed by atoms with van der Waals surface area (Å²) < 4.78 is 5.18. The number of nitrogens with one attached hydrogen (secondary N) is 1. The van der Waals surface area contributed by atoms with Crippen molar-refractivity contribution in [2.75, 3.05) is 13.1 Å². The highest BCUT2D eigenvalue weighted by molar-refractivity contribution is 5.67. The fourth-order valence-electron chi connectivity index (χ4n) is 2.24. The maximum absolute atomic E-state index is 11.4. The number of alkyl carbamates (subject to hydrolysis) is 1. The Labute approximate surface area is 97.9 Å². The molecule has 0 unspecified atom stereocenters. The van der Waals surface area contributed by atoms with Gasteiger partial charge in [0.15, 0.2) is 0 Å². The zero-order valence-corrected chi connectivity index (χ0v) is 10.8. The van der Waals surface area contributed by atoms with Gasteiger partial charge >= 0.3 is 6.09 Å². The minimum atomic E-state index is -0.426.